The number of hydrogen-bond donors (Lipinski definition) is 0. The molecule has 37 heavy (non-hydrogen) atoms. The van der Waals surface area contributed by atoms with Crippen LogP contribution in [0.4, 0.5) is 30.7 Å². The van der Waals surface area contributed by atoms with Crippen molar-refractivity contribution in [1.29, 1.82) is 0 Å². The molecule has 0 bridgehead atoms. The van der Waals surface area contributed by atoms with Gasteiger partial charge in [0, 0.05) is 37.0 Å². The van der Waals surface area contributed by atoms with Gasteiger partial charge in [0.2, 0.25) is 0 Å². The molecule has 0 fully saturated rings. The largest absolute Gasteiger partial charge is 0.416 e. The van der Waals surface area contributed by atoms with Gasteiger partial charge < -0.3 is 9.47 Å². The Hall–Kier alpha value is -3.67. The molecular weight excluding hydrogens is 525 g/mol. The van der Waals surface area contributed by atoms with Gasteiger partial charge in [-0.2, -0.15) is 37.7 Å². The van der Waals surface area contributed by atoms with Crippen LogP contribution in [-0.2, 0) is 25.9 Å². The molecule has 4 rings (SSSR count). The van der Waals surface area contributed by atoms with Gasteiger partial charge in [0.05, 0.1) is 16.5 Å². The highest BCUT2D eigenvalue weighted by Gasteiger charge is 2.37. The summed E-state index contributed by atoms with van der Waals surface area (Å²) in [6.45, 7) is -0.607. The zero-order valence-electron chi connectivity index (χ0n) is 19.2. The smallest absolute Gasteiger partial charge is 0.336 e. The molecule has 0 aliphatic carbocycles. The molecule has 0 saturated heterocycles. The molecule has 0 spiro atoms. The van der Waals surface area contributed by atoms with Crippen LogP contribution in [-0.4, -0.2) is 22.4 Å². The number of alkyl halides is 6. The minimum Gasteiger partial charge on any atom is -0.336 e. The molecule has 0 atom stereocenters. The third kappa shape index (κ3) is 5.10. The Kier molecular flexibility index (Phi) is 6.65. The van der Waals surface area contributed by atoms with E-state index >= 15 is 0 Å². The first-order valence-corrected chi connectivity index (χ1v) is 11.5. The minimum absolute atomic E-state index is 0.00612. The Morgan fingerprint density at radius 2 is 1.46 bits per heavy atom. The maximum absolute atomic E-state index is 13.6. The van der Waals surface area contributed by atoms with E-state index in [1.807, 2.05) is 0 Å². The number of thiophene rings is 1. The number of halogens is 7. The van der Waals surface area contributed by atoms with E-state index in [9.17, 15) is 40.3 Å². The number of hydrogen-bond acceptors (Lipinski definition) is 3. The van der Waals surface area contributed by atoms with Gasteiger partial charge in [0.1, 0.15) is 11.5 Å². The van der Waals surface area contributed by atoms with Gasteiger partial charge >= 0.3 is 12.4 Å². The quantitative estimate of drug-likeness (QED) is 0.269. The number of pyridine rings is 1. The standard InChI is InChI=1S/C25H17F7N2O2S/c1-33(10-13-7-15(24(27,28)29)9-16(8-13)25(30,31)32)23(36)21-20(14-3-5-17(26)6-4-14)18-11-37-12-19(18)22(35)34(21)2/h3-9,11-12H,10H2,1-2H3. The molecule has 0 saturated carbocycles. The van der Waals surface area contributed by atoms with E-state index in [-0.39, 0.29) is 17.3 Å². The average molecular weight is 542 g/mol. The van der Waals surface area contributed by atoms with Crippen LogP contribution >= 0.6 is 11.3 Å². The number of aromatic nitrogens is 1. The van der Waals surface area contributed by atoms with Gasteiger partial charge in [0.15, 0.2) is 0 Å². The second kappa shape index (κ2) is 9.33. The summed E-state index contributed by atoms with van der Waals surface area (Å²) < 4.78 is 94.3. The zero-order chi connectivity index (χ0) is 27.3. The van der Waals surface area contributed by atoms with Crippen LogP contribution in [0.3, 0.4) is 0 Å². The molecule has 0 N–H and O–H groups in total. The van der Waals surface area contributed by atoms with Crippen LogP contribution in [0.2, 0.25) is 0 Å². The third-order valence-corrected chi connectivity index (χ3v) is 6.53. The molecule has 2 heterocycles. The maximum Gasteiger partial charge on any atom is 0.416 e. The fourth-order valence-corrected chi connectivity index (χ4v) is 4.84. The Morgan fingerprint density at radius 1 is 0.919 bits per heavy atom. The van der Waals surface area contributed by atoms with E-state index in [0.717, 1.165) is 21.6 Å². The molecule has 2 aromatic heterocycles. The highest BCUT2D eigenvalue weighted by Crippen LogP contribution is 2.37. The van der Waals surface area contributed by atoms with E-state index in [0.29, 0.717) is 28.5 Å². The van der Waals surface area contributed by atoms with Crippen molar-refractivity contribution in [3.63, 3.8) is 0 Å². The second-order valence-electron chi connectivity index (χ2n) is 8.37. The molecule has 0 radical (unpaired) electrons. The number of rotatable bonds is 4. The van der Waals surface area contributed by atoms with Gasteiger partial charge in [-0.05, 0) is 46.8 Å². The SMILES string of the molecule is CN(Cc1cc(C(F)(F)F)cc(C(F)(F)F)c1)C(=O)c1c(-c2ccc(F)cc2)c2cscc2c(=O)n1C. The summed E-state index contributed by atoms with van der Waals surface area (Å²) in [5.41, 5.74) is -3.38. The van der Waals surface area contributed by atoms with Gasteiger partial charge in [0.25, 0.3) is 11.5 Å². The highest BCUT2D eigenvalue weighted by molar-refractivity contribution is 7.09. The average Bonchev–Trinajstić information content (AvgIpc) is 3.30. The van der Waals surface area contributed by atoms with E-state index < -0.39 is 52.9 Å². The van der Waals surface area contributed by atoms with Crippen molar-refractivity contribution in [1.82, 2.24) is 9.47 Å². The first-order chi connectivity index (χ1) is 17.2. The minimum atomic E-state index is -5.04. The van der Waals surface area contributed by atoms with Crippen LogP contribution in [0, 0.1) is 5.82 Å². The number of carbonyl (C=O) groups excluding carboxylic acids is 1. The molecule has 0 aliphatic rings. The van der Waals surface area contributed by atoms with Gasteiger partial charge in [-0.15, -0.1) is 0 Å². The molecular formula is C25H17F7N2O2S. The Balaban J connectivity index is 1.83. The monoisotopic (exact) mass is 542 g/mol. The second-order valence-corrected chi connectivity index (χ2v) is 9.11. The van der Waals surface area contributed by atoms with Crippen LogP contribution in [0.25, 0.3) is 21.9 Å². The third-order valence-electron chi connectivity index (χ3n) is 5.79. The van der Waals surface area contributed by atoms with Crippen LogP contribution in [0.5, 0.6) is 0 Å². The molecule has 4 nitrogen and oxygen atoms in total. The number of fused-ring (bicyclic) bond motifs is 1. The van der Waals surface area contributed by atoms with Gasteiger partial charge in [-0.25, -0.2) is 4.39 Å². The Labute approximate surface area is 209 Å². The highest BCUT2D eigenvalue weighted by atomic mass is 32.1. The molecule has 12 heteroatoms. The summed E-state index contributed by atoms with van der Waals surface area (Å²) in [7, 11) is 2.53. The lowest BCUT2D eigenvalue weighted by molar-refractivity contribution is -0.143. The fraction of sp³-hybridized carbons (Fsp3) is 0.200. The van der Waals surface area contributed by atoms with Gasteiger partial charge in [-0.3, -0.25) is 9.59 Å². The predicted octanol–water partition coefficient (Wildman–Crippen LogP) is 6.72. The molecule has 2 aromatic carbocycles. The van der Waals surface area contributed by atoms with Gasteiger partial charge in [-0.1, -0.05) is 12.1 Å². The van der Waals surface area contributed by atoms with Crippen molar-refractivity contribution in [2.75, 3.05) is 7.05 Å². The topological polar surface area (TPSA) is 42.3 Å². The molecule has 1 amide bonds. The van der Waals surface area contributed by atoms with Crippen LogP contribution in [0.1, 0.15) is 27.2 Å². The lowest BCUT2D eigenvalue weighted by atomic mass is 9.98. The predicted molar refractivity (Wildman–Crippen MR) is 125 cm³/mol. The van der Waals surface area contributed by atoms with E-state index in [1.165, 1.54) is 37.6 Å². The summed E-state index contributed by atoms with van der Waals surface area (Å²) in [5, 5.41) is 3.94. The summed E-state index contributed by atoms with van der Waals surface area (Å²) in [6.07, 6.45) is -10.1. The zero-order valence-corrected chi connectivity index (χ0v) is 20.0. The number of amides is 1. The summed E-state index contributed by atoms with van der Waals surface area (Å²) in [5.74, 6) is -1.36. The van der Waals surface area contributed by atoms with Crippen molar-refractivity contribution in [3.8, 4) is 11.1 Å². The normalized spacial score (nSPS) is 12.2. The fourth-order valence-electron chi connectivity index (χ4n) is 4.03. The first-order valence-electron chi connectivity index (χ1n) is 10.6. The van der Waals surface area contributed by atoms with Crippen molar-refractivity contribution in [2.24, 2.45) is 7.05 Å². The van der Waals surface area contributed by atoms with E-state index in [4.69, 9.17) is 0 Å². The molecule has 0 unspecified atom stereocenters. The van der Waals surface area contributed by atoms with Crippen molar-refractivity contribution in [2.45, 2.75) is 18.9 Å². The van der Waals surface area contributed by atoms with Crippen molar-refractivity contribution < 1.29 is 35.5 Å². The van der Waals surface area contributed by atoms with Crippen molar-refractivity contribution >= 4 is 28.0 Å². The maximum atomic E-state index is 13.6. The lowest BCUT2D eigenvalue weighted by Crippen LogP contribution is -2.33. The first kappa shape index (κ1) is 26.4. The van der Waals surface area contributed by atoms with Crippen LogP contribution in [0.15, 0.2) is 58.0 Å². The molecule has 0 aliphatic heterocycles. The van der Waals surface area contributed by atoms with Crippen LogP contribution < -0.4 is 5.56 Å². The van der Waals surface area contributed by atoms with Crippen molar-refractivity contribution in [3.05, 3.63) is 91.8 Å². The Bertz CT molecular complexity index is 1520. The van der Waals surface area contributed by atoms with E-state index in [1.54, 1.807) is 10.8 Å². The summed E-state index contributed by atoms with van der Waals surface area (Å²) in [4.78, 5) is 27.4. The number of nitrogens with zero attached hydrogens (tertiary/aromatic N) is 2. The lowest BCUT2D eigenvalue weighted by Gasteiger charge is -2.23. The number of benzene rings is 2. The number of carbonyl (C=O) groups is 1. The Morgan fingerprint density at radius 3 is 2.00 bits per heavy atom. The molecule has 194 valence electrons. The molecule has 4 aromatic rings. The summed E-state index contributed by atoms with van der Waals surface area (Å²) in [6, 6.07) is 6.24. The van der Waals surface area contributed by atoms with E-state index in [2.05, 4.69) is 0 Å². The summed E-state index contributed by atoms with van der Waals surface area (Å²) >= 11 is 1.20.